The number of rotatable bonds is 5. The molecule has 1 unspecified atom stereocenters. The van der Waals surface area contributed by atoms with Crippen molar-refractivity contribution in [2.45, 2.75) is 19.4 Å². The van der Waals surface area contributed by atoms with Gasteiger partial charge in [0.15, 0.2) is 0 Å². The summed E-state index contributed by atoms with van der Waals surface area (Å²) in [5.41, 5.74) is 2.28. The lowest BCUT2D eigenvalue weighted by Crippen LogP contribution is -2.35. The third kappa shape index (κ3) is 3.22. The highest BCUT2D eigenvalue weighted by Gasteiger charge is 2.13. The summed E-state index contributed by atoms with van der Waals surface area (Å²) < 4.78 is 0. The Morgan fingerprint density at radius 3 is 2.27 bits per heavy atom. The predicted octanol–water partition coefficient (Wildman–Crippen LogP) is 1.17. The topological polar surface area (TPSA) is 43.7 Å². The number of aliphatic hydroxyl groups is 2. The Morgan fingerprint density at radius 1 is 1.20 bits per heavy atom. The number of benzene rings is 1. The number of anilines is 1. The smallest absolute Gasteiger partial charge is 0.0635 e. The van der Waals surface area contributed by atoms with E-state index in [1.807, 2.05) is 43.1 Å². The molecule has 1 aromatic rings. The van der Waals surface area contributed by atoms with Gasteiger partial charge in [-0.1, -0.05) is 17.7 Å². The van der Waals surface area contributed by atoms with E-state index in [9.17, 15) is 5.11 Å². The molecular weight excluding hydrogens is 190 g/mol. The molecule has 0 bridgehead atoms. The highest BCUT2D eigenvalue weighted by atomic mass is 16.3. The van der Waals surface area contributed by atoms with Gasteiger partial charge in [-0.05, 0) is 25.5 Å². The van der Waals surface area contributed by atoms with E-state index >= 15 is 0 Å². The van der Waals surface area contributed by atoms with E-state index in [-0.39, 0.29) is 19.3 Å². The van der Waals surface area contributed by atoms with Crippen molar-refractivity contribution < 1.29 is 10.2 Å². The average Bonchev–Trinajstić information content (AvgIpc) is 2.26. The molecule has 1 aromatic carbocycles. The molecule has 0 fully saturated rings. The van der Waals surface area contributed by atoms with Crippen molar-refractivity contribution in [3.05, 3.63) is 29.8 Å². The Morgan fingerprint density at radius 2 is 1.80 bits per heavy atom. The summed E-state index contributed by atoms with van der Waals surface area (Å²) in [5.74, 6) is 0. The van der Waals surface area contributed by atoms with Gasteiger partial charge in [-0.3, -0.25) is 0 Å². The molecule has 0 saturated carbocycles. The number of aliphatic hydroxyl groups excluding tert-OH is 2. The zero-order valence-electron chi connectivity index (χ0n) is 9.35. The van der Waals surface area contributed by atoms with Crippen molar-refractivity contribution in [2.24, 2.45) is 0 Å². The molecule has 0 heterocycles. The van der Waals surface area contributed by atoms with Crippen LogP contribution in [0.2, 0.25) is 0 Å². The van der Waals surface area contributed by atoms with Crippen LogP contribution >= 0.6 is 0 Å². The van der Waals surface area contributed by atoms with Gasteiger partial charge in [0.25, 0.3) is 0 Å². The molecule has 0 aliphatic heterocycles. The summed E-state index contributed by atoms with van der Waals surface area (Å²) in [6.45, 7) is 2.20. The van der Waals surface area contributed by atoms with E-state index in [0.717, 1.165) is 5.69 Å². The van der Waals surface area contributed by atoms with Crippen LogP contribution in [0.1, 0.15) is 12.0 Å². The number of nitrogens with zero attached hydrogens (tertiary/aromatic N) is 1. The van der Waals surface area contributed by atoms with Gasteiger partial charge in [0, 0.05) is 19.3 Å². The third-order valence-corrected chi connectivity index (χ3v) is 2.66. The van der Waals surface area contributed by atoms with Crippen LogP contribution in [0.25, 0.3) is 0 Å². The molecule has 0 spiro atoms. The Hall–Kier alpha value is -1.06. The molecule has 0 aliphatic rings. The molecule has 0 aromatic heterocycles. The van der Waals surface area contributed by atoms with Crippen LogP contribution in [0.5, 0.6) is 0 Å². The van der Waals surface area contributed by atoms with E-state index in [1.165, 1.54) is 5.56 Å². The molecule has 3 heteroatoms. The minimum absolute atomic E-state index is 0.0160. The minimum Gasteiger partial charge on any atom is -0.396 e. The first-order chi connectivity index (χ1) is 7.19. The second kappa shape index (κ2) is 5.73. The molecule has 2 N–H and O–H groups in total. The summed E-state index contributed by atoms with van der Waals surface area (Å²) >= 11 is 0. The van der Waals surface area contributed by atoms with Crippen molar-refractivity contribution in [3.8, 4) is 0 Å². The number of hydrogen-bond acceptors (Lipinski definition) is 3. The fourth-order valence-corrected chi connectivity index (χ4v) is 1.55. The lowest BCUT2D eigenvalue weighted by atomic mass is 10.1. The number of hydrogen-bond donors (Lipinski definition) is 2. The zero-order chi connectivity index (χ0) is 11.3. The van der Waals surface area contributed by atoms with Crippen molar-refractivity contribution in [2.75, 3.05) is 25.2 Å². The maximum Gasteiger partial charge on any atom is 0.0635 e. The van der Waals surface area contributed by atoms with Gasteiger partial charge in [0.05, 0.1) is 12.6 Å². The minimum atomic E-state index is -0.0160. The van der Waals surface area contributed by atoms with Crippen LogP contribution in [0.15, 0.2) is 24.3 Å². The second-order valence-corrected chi connectivity index (χ2v) is 3.80. The van der Waals surface area contributed by atoms with Crippen LogP contribution in [-0.2, 0) is 0 Å². The van der Waals surface area contributed by atoms with Crippen molar-refractivity contribution in [1.29, 1.82) is 0 Å². The van der Waals surface area contributed by atoms with Gasteiger partial charge < -0.3 is 15.1 Å². The van der Waals surface area contributed by atoms with Crippen molar-refractivity contribution >= 4 is 5.69 Å². The Balaban J connectivity index is 2.73. The van der Waals surface area contributed by atoms with Crippen molar-refractivity contribution in [1.82, 2.24) is 0 Å². The SMILES string of the molecule is Cc1ccc(N(C)C(CO)CCO)cc1. The van der Waals surface area contributed by atoms with Gasteiger partial charge >= 0.3 is 0 Å². The van der Waals surface area contributed by atoms with E-state index in [1.54, 1.807) is 0 Å². The second-order valence-electron chi connectivity index (χ2n) is 3.80. The lowest BCUT2D eigenvalue weighted by Gasteiger charge is -2.28. The highest BCUT2D eigenvalue weighted by molar-refractivity contribution is 5.47. The summed E-state index contributed by atoms with van der Waals surface area (Å²) in [6, 6.07) is 8.11. The maximum absolute atomic E-state index is 9.19. The third-order valence-electron chi connectivity index (χ3n) is 2.66. The normalized spacial score (nSPS) is 12.5. The first kappa shape index (κ1) is 12.0. The fraction of sp³-hybridized carbons (Fsp3) is 0.500. The lowest BCUT2D eigenvalue weighted by molar-refractivity contribution is 0.218. The van der Waals surface area contributed by atoms with Gasteiger partial charge in [-0.25, -0.2) is 0 Å². The quantitative estimate of drug-likeness (QED) is 0.765. The molecule has 0 aliphatic carbocycles. The van der Waals surface area contributed by atoms with Gasteiger partial charge in [0.1, 0.15) is 0 Å². The zero-order valence-corrected chi connectivity index (χ0v) is 9.35. The van der Waals surface area contributed by atoms with Gasteiger partial charge in [0.2, 0.25) is 0 Å². The summed E-state index contributed by atoms with van der Waals surface area (Å²) in [7, 11) is 1.93. The first-order valence-corrected chi connectivity index (χ1v) is 5.20. The number of aryl methyl sites for hydroxylation is 1. The molecule has 15 heavy (non-hydrogen) atoms. The Labute approximate surface area is 91.0 Å². The van der Waals surface area contributed by atoms with Crippen LogP contribution in [0, 0.1) is 6.92 Å². The predicted molar refractivity (Wildman–Crippen MR) is 62.2 cm³/mol. The monoisotopic (exact) mass is 209 g/mol. The summed E-state index contributed by atoms with van der Waals surface area (Å²) in [4.78, 5) is 2.00. The summed E-state index contributed by atoms with van der Waals surface area (Å²) in [6.07, 6.45) is 0.584. The largest absolute Gasteiger partial charge is 0.396 e. The molecule has 0 radical (unpaired) electrons. The Bertz CT molecular complexity index is 284. The maximum atomic E-state index is 9.19. The first-order valence-electron chi connectivity index (χ1n) is 5.20. The van der Waals surface area contributed by atoms with Crippen LogP contribution < -0.4 is 4.90 Å². The molecule has 1 rings (SSSR count). The standard InChI is InChI=1S/C12H19NO2/c1-10-3-5-11(6-4-10)13(2)12(9-15)7-8-14/h3-6,12,14-15H,7-9H2,1-2H3. The van der Waals surface area contributed by atoms with E-state index in [4.69, 9.17) is 5.11 Å². The molecule has 1 atom stereocenters. The molecule has 0 saturated heterocycles. The van der Waals surface area contributed by atoms with Crippen molar-refractivity contribution in [3.63, 3.8) is 0 Å². The summed E-state index contributed by atoms with van der Waals surface area (Å²) in [5, 5.41) is 18.1. The number of likely N-dealkylation sites (N-methyl/N-ethyl adjacent to an activating group) is 1. The van der Waals surface area contributed by atoms with E-state index in [2.05, 4.69) is 0 Å². The molecular formula is C12H19NO2. The van der Waals surface area contributed by atoms with Crippen LogP contribution in [0.3, 0.4) is 0 Å². The molecule has 3 nitrogen and oxygen atoms in total. The molecule has 0 amide bonds. The van der Waals surface area contributed by atoms with Crippen LogP contribution in [0.4, 0.5) is 5.69 Å². The van der Waals surface area contributed by atoms with Crippen LogP contribution in [-0.4, -0.2) is 36.5 Å². The van der Waals surface area contributed by atoms with Gasteiger partial charge in [-0.2, -0.15) is 0 Å². The van der Waals surface area contributed by atoms with E-state index in [0.29, 0.717) is 6.42 Å². The van der Waals surface area contributed by atoms with Gasteiger partial charge in [-0.15, -0.1) is 0 Å². The average molecular weight is 209 g/mol. The molecule has 84 valence electrons. The highest BCUT2D eigenvalue weighted by Crippen LogP contribution is 2.17. The Kier molecular flexibility index (Phi) is 4.59. The fourth-order valence-electron chi connectivity index (χ4n) is 1.55. The van der Waals surface area contributed by atoms with E-state index < -0.39 is 0 Å².